The minimum atomic E-state index is -0.862. The molecule has 6 N–H and O–H groups in total. The van der Waals surface area contributed by atoms with Crippen molar-refractivity contribution in [2.24, 2.45) is 11.5 Å². The number of rotatable bonds is 6. The number of nitrogens with one attached hydrogen (secondary N) is 1. The Morgan fingerprint density at radius 3 is 2.42 bits per heavy atom. The van der Waals surface area contributed by atoms with Gasteiger partial charge in [0.05, 0.1) is 6.10 Å². The zero-order chi connectivity index (χ0) is 9.61. The molecule has 0 saturated heterocycles. The Morgan fingerprint density at radius 1 is 1.58 bits per heavy atom. The van der Waals surface area contributed by atoms with Crippen LogP contribution in [0, 0.1) is 0 Å². The summed E-state index contributed by atoms with van der Waals surface area (Å²) in [6, 6.07) is 0. The Morgan fingerprint density at radius 2 is 2.17 bits per heavy atom. The van der Waals surface area contributed by atoms with Crippen LogP contribution in [0.4, 0.5) is 0 Å². The van der Waals surface area contributed by atoms with Gasteiger partial charge < -0.3 is 21.3 Å². The van der Waals surface area contributed by atoms with Crippen molar-refractivity contribution >= 4 is 0 Å². The largest absolute Gasteiger partial charge is 0.389 e. The molecule has 5 nitrogen and oxygen atoms in total. The van der Waals surface area contributed by atoms with E-state index in [0.717, 1.165) is 0 Å². The number of hydrogen-bond acceptors (Lipinski definition) is 5. The Labute approximate surface area is 73.1 Å². The molecule has 0 aromatic heterocycles. The molecule has 0 amide bonds. The highest BCUT2D eigenvalue weighted by atomic mass is 16.5. The monoisotopic (exact) mass is 177 g/mol. The molecular formula is C7H19N3O2. The van der Waals surface area contributed by atoms with E-state index in [0.29, 0.717) is 13.1 Å². The summed E-state index contributed by atoms with van der Waals surface area (Å²) in [6.45, 7) is 2.88. The van der Waals surface area contributed by atoms with Gasteiger partial charge in [0.2, 0.25) is 0 Å². The highest BCUT2D eigenvalue weighted by Gasteiger charge is 2.32. The zero-order valence-corrected chi connectivity index (χ0v) is 7.71. The van der Waals surface area contributed by atoms with E-state index in [9.17, 15) is 5.11 Å². The van der Waals surface area contributed by atoms with Crippen LogP contribution < -0.4 is 16.8 Å². The summed E-state index contributed by atoms with van der Waals surface area (Å²) in [5.41, 5.74) is 9.91. The molecule has 0 saturated carbocycles. The van der Waals surface area contributed by atoms with Gasteiger partial charge >= 0.3 is 0 Å². The van der Waals surface area contributed by atoms with Crippen LogP contribution in [-0.2, 0) is 4.74 Å². The number of ether oxygens (including phenoxy) is 1. The number of aliphatic hydroxyl groups is 1. The summed E-state index contributed by atoms with van der Waals surface area (Å²) in [5, 5.41) is 12.3. The first kappa shape index (κ1) is 11.8. The van der Waals surface area contributed by atoms with Gasteiger partial charge in [-0.3, -0.25) is 5.32 Å². The van der Waals surface area contributed by atoms with Crippen LogP contribution in [0.15, 0.2) is 0 Å². The van der Waals surface area contributed by atoms with E-state index in [2.05, 4.69) is 5.32 Å². The summed E-state index contributed by atoms with van der Waals surface area (Å²) < 4.78 is 5.11. The number of aliphatic hydroxyl groups excluding tert-OH is 1. The lowest BCUT2D eigenvalue weighted by Gasteiger charge is -2.34. The molecule has 0 aromatic carbocycles. The van der Waals surface area contributed by atoms with Crippen LogP contribution in [-0.4, -0.2) is 43.7 Å². The molecule has 0 radical (unpaired) electrons. The molecule has 74 valence electrons. The topological polar surface area (TPSA) is 93.5 Å². The van der Waals surface area contributed by atoms with E-state index in [4.69, 9.17) is 16.2 Å². The fraction of sp³-hybridized carbons (Fsp3) is 1.00. The Bertz CT molecular complexity index is 115. The molecule has 2 atom stereocenters. The molecule has 0 rings (SSSR count). The Balaban J connectivity index is 4.15. The second kappa shape index (κ2) is 5.45. The molecule has 5 heteroatoms. The van der Waals surface area contributed by atoms with Crippen molar-refractivity contribution in [3.8, 4) is 0 Å². The molecule has 0 fully saturated rings. The average molecular weight is 177 g/mol. The second-order valence-electron chi connectivity index (χ2n) is 2.69. The maximum atomic E-state index is 9.38. The highest BCUT2D eigenvalue weighted by Crippen LogP contribution is 2.09. The van der Waals surface area contributed by atoms with Crippen molar-refractivity contribution in [3.05, 3.63) is 0 Å². The Hall–Kier alpha value is -0.200. The highest BCUT2D eigenvalue weighted by molar-refractivity contribution is 4.84. The summed E-state index contributed by atoms with van der Waals surface area (Å²) in [4.78, 5) is 0. The fourth-order valence-corrected chi connectivity index (χ4v) is 1.00. The predicted molar refractivity (Wildman–Crippen MR) is 47.5 cm³/mol. The van der Waals surface area contributed by atoms with Gasteiger partial charge in [0.1, 0.15) is 0 Å². The van der Waals surface area contributed by atoms with Crippen molar-refractivity contribution in [2.75, 3.05) is 26.7 Å². The van der Waals surface area contributed by atoms with Crippen molar-refractivity contribution in [2.45, 2.75) is 18.8 Å². The van der Waals surface area contributed by atoms with Crippen LogP contribution in [0.2, 0.25) is 0 Å². The summed E-state index contributed by atoms with van der Waals surface area (Å²) in [7, 11) is 1.50. The standard InChI is InChI=1S/C7H19N3O2/c1-6(11)7(5-9,12-2)10-4-3-8/h6,10-11H,3-5,8-9H2,1-2H3. The molecule has 0 aliphatic heterocycles. The minimum Gasteiger partial charge on any atom is -0.389 e. The molecule has 2 unspecified atom stereocenters. The van der Waals surface area contributed by atoms with Gasteiger partial charge in [-0.05, 0) is 6.92 Å². The van der Waals surface area contributed by atoms with Gasteiger partial charge in [-0.1, -0.05) is 0 Å². The van der Waals surface area contributed by atoms with E-state index < -0.39 is 11.8 Å². The van der Waals surface area contributed by atoms with Crippen LogP contribution in [0.25, 0.3) is 0 Å². The Kier molecular flexibility index (Phi) is 5.36. The van der Waals surface area contributed by atoms with Gasteiger partial charge in [-0.15, -0.1) is 0 Å². The lowest BCUT2D eigenvalue weighted by atomic mass is 10.1. The number of hydrogen-bond donors (Lipinski definition) is 4. The lowest BCUT2D eigenvalue weighted by Crippen LogP contribution is -2.60. The maximum absolute atomic E-state index is 9.38. The van der Waals surface area contributed by atoms with Crippen molar-refractivity contribution < 1.29 is 9.84 Å². The minimum absolute atomic E-state index is 0.209. The summed E-state index contributed by atoms with van der Waals surface area (Å²) in [5.74, 6) is 0. The van der Waals surface area contributed by atoms with Gasteiger partial charge in [-0.2, -0.15) is 0 Å². The van der Waals surface area contributed by atoms with Crippen molar-refractivity contribution in [1.82, 2.24) is 5.32 Å². The average Bonchev–Trinajstić information content (AvgIpc) is 2.07. The molecule has 0 spiro atoms. The smallest absolute Gasteiger partial charge is 0.156 e. The first-order valence-electron chi connectivity index (χ1n) is 4.01. The first-order chi connectivity index (χ1) is 5.63. The van der Waals surface area contributed by atoms with E-state index in [1.54, 1.807) is 6.92 Å². The lowest BCUT2D eigenvalue weighted by molar-refractivity contribution is -0.110. The van der Waals surface area contributed by atoms with E-state index in [-0.39, 0.29) is 6.54 Å². The van der Waals surface area contributed by atoms with Crippen LogP contribution in [0.5, 0.6) is 0 Å². The van der Waals surface area contributed by atoms with E-state index >= 15 is 0 Å². The SMILES string of the molecule is COC(CN)(NCCN)C(C)O. The second-order valence-corrected chi connectivity index (χ2v) is 2.69. The molecule has 0 aliphatic carbocycles. The molecular weight excluding hydrogens is 158 g/mol. The zero-order valence-electron chi connectivity index (χ0n) is 7.71. The van der Waals surface area contributed by atoms with Gasteiger partial charge in [0, 0.05) is 26.7 Å². The summed E-state index contributed by atoms with van der Waals surface area (Å²) >= 11 is 0. The molecule has 0 aromatic rings. The number of nitrogens with two attached hydrogens (primary N) is 2. The summed E-state index contributed by atoms with van der Waals surface area (Å²) in [6.07, 6.45) is -0.668. The quantitative estimate of drug-likeness (QED) is 0.360. The maximum Gasteiger partial charge on any atom is 0.156 e. The normalized spacial score (nSPS) is 18.8. The van der Waals surface area contributed by atoms with Crippen LogP contribution in [0.1, 0.15) is 6.92 Å². The molecule has 0 heterocycles. The van der Waals surface area contributed by atoms with Gasteiger partial charge in [0.15, 0.2) is 5.72 Å². The fourth-order valence-electron chi connectivity index (χ4n) is 1.00. The van der Waals surface area contributed by atoms with Crippen molar-refractivity contribution in [1.29, 1.82) is 0 Å². The van der Waals surface area contributed by atoms with E-state index in [1.165, 1.54) is 7.11 Å². The van der Waals surface area contributed by atoms with Crippen LogP contribution >= 0.6 is 0 Å². The van der Waals surface area contributed by atoms with Gasteiger partial charge in [0.25, 0.3) is 0 Å². The molecule has 12 heavy (non-hydrogen) atoms. The molecule has 0 bridgehead atoms. The molecule has 0 aliphatic rings. The predicted octanol–water partition coefficient (Wildman–Crippen LogP) is -1.78. The third kappa shape index (κ3) is 2.69. The van der Waals surface area contributed by atoms with E-state index in [1.807, 2.05) is 0 Å². The first-order valence-corrected chi connectivity index (χ1v) is 4.01. The third-order valence-electron chi connectivity index (χ3n) is 1.91. The van der Waals surface area contributed by atoms with Crippen molar-refractivity contribution in [3.63, 3.8) is 0 Å². The van der Waals surface area contributed by atoms with Crippen LogP contribution in [0.3, 0.4) is 0 Å². The third-order valence-corrected chi connectivity index (χ3v) is 1.91. The van der Waals surface area contributed by atoms with Gasteiger partial charge in [-0.25, -0.2) is 0 Å². The number of methoxy groups -OCH3 is 1.